The average Bonchev–Trinajstić information content (AvgIpc) is 2.60. The van der Waals surface area contributed by atoms with Gasteiger partial charge in [-0.3, -0.25) is 4.98 Å². The first-order chi connectivity index (χ1) is 7.82. The molecule has 0 saturated carbocycles. The largest absolute Gasteiger partial charge is 0.418 e. The SMILES string of the molecule is Cc1nc2c(c(C(C)C)c1C(F)(F)F)CCC2. The van der Waals surface area contributed by atoms with E-state index in [0.717, 1.165) is 30.5 Å². The molecule has 1 nitrogen and oxygen atoms in total. The molecule has 0 aliphatic heterocycles. The van der Waals surface area contributed by atoms with Gasteiger partial charge in [-0.05, 0) is 43.2 Å². The molecule has 1 aliphatic rings. The Morgan fingerprint density at radius 3 is 2.35 bits per heavy atom. The van der Waals surface area contributed by atoms with Crippen LogP contribution in [0.4, 0.5) is 13.2 Å². The smallest absolute Gasteiger partial charge is 0.257 e. The molecule has 2 rings (SSSR count). The lowest BCUT2D eigenvalue weighted by molar-refractivity contribution is -0.139. The highest BCUT2D eigenvalue weighted by Crippen LogP contribution is 2.41. The molecular weight excluding hydrogens is 227 g/mol. The normalized spacial score (nSPS) is 15.5. The summed E-state index contributed by atoms with van der Waals surface area (Å²) in [7, 11) is 0. The second-order valence-electron chi connectivity index (χ2n) is 4.92. The van der Waals surface area contributed by atoms with Crippen molar-refractivity contribution in [1.29, 1.82) is 0 Å². The van der Waals surface area contributed by atoms with E-state index in [1.807, 2.05) is 13.8 Å². The van der Waals surface area contributed by atoms with Gasteiger partial charge in [-0.2, -0.15) is 13.2 Å². The summed E-state index contributed by atoms with van der Waals surface area (Å²) in [6, 6.07) is 0. The van der Waals surface area contributed by atoms with E-state index in [0.29, 0.717) is 5.56 Å². The summed E-state index contributed by atoms with van der Waals surface area (Å²) in [4.78, 5) is 4.14. The molecule has 0 bridgehead atoms. The maximum Gasteiger partial charge on any atom is 0.418 e. The molecule has 1 aliphatic carbocycles. The van der Waals surface area contributed by atoms with Crippen molar-refractivity contribution in [1.82, 2.24) is 4.98 Å². The molecule has 0 N–H and O–H groups in total. The highest BCUT2D eigenvalue weighted by atomic mass is 19.4. The minimum absolute atomic E-state index is 0.111. The molecule has 0 atom stereocenters. The monoisotopic (exact) mass is 243 g/mol. The number of halogens is 3. The summed E-state index contributed by atoms with van der Waals surface area (Å²) < 4.78 is 39.3. The Kier molecular flexibility index (Phi) is 2.92. The highest BCUT2D eigenvalue weighted by Gasteiger charge is 2.39. The number of fused-ring (bicyclic) bond motifs is 1. The Morgan fingerprint density at radius 1 is 1.18 bits per heavy atom. The summed E-state index contributed by atoms with van der Waals surface area (Å²) in [5.41, 5.74) is 1.81. The van der Waals surface area contributed by atoms with E-state index in [2.05, 4.69) is 4.98 Å². The quantitative estimate of drug-likeness (QED) is 0.726. The number of rotatable bonds is 1. The number of nitrogens with zero attached hydrogens (tertiary/aromatic N) is 1. The Labute approximate surface area is 99.1 Å². The maximum absolute atomic E-state index is 13.1. The van der Waals surface area contributed by atoms with E-state index in [1.165, 1.54) is 6.92 Å². The first kappa shape index (κ1) is 12.4. The lowest BCUT2D eigenvalue weighted by Gasteiger charge is -2.21. The lowest BCUT2D eigenvalue weighted by Crippen LogP contribution is -2.16. The molecule has 0 unspecified atom stereocenters. The van der Waals surface area contributed by atoms with Crippen LogP contribution in [0.15, 0.2) is 0 Å². The van der Waals surface area contributed by atoms with Crippen molar-refractivity contribution < 1.29 is 13.2 Å². The van der Waals surface area contributed by atoms with Crippen molar-refractivity contribution >= 4 is 0 Å². The number of aryl methyl sites for hydroxylation is 2. The second kappa shape index (κ2) is 4.00. The standard InChI is InChI=1S/C13H16F3N/c1-7(2)11-9-5-4-6-10(9)17-8(3)12(11)13(14,15)16/h7H,4-6H2,1-3H3. The van der Waals surface area contributed by atoms with Crippen molar-refractivity contribution in [2.45, 2.75) is 52.1 Å². The molecule has 1 heterocycles. The first-order valence-corrected chi connectivity index (χ1v) is 5.91. The number of alkyl halides is 3. The van der Waals surface area contributed by atoms with Crippen LogP contribution < -0.4 is 0 Å². The third-order valence-electron chi connectivity index (χ3n) is 3.31. The zero-order chi connectivity index (χ0) is 12.8. The summed E-state index contributed by atoms with van der Waals surface area (Å²) in [6.45, 7) is 5.11. The minimum Gasteiger partial charge on any atom is -0.257 e. The van der Waals surface area contributed by atoms with Crippen LogP contribution in [0, 0.1) is 6.92 Å². The van der Waals surface area contributed by atoms with Crippen LogP contribution in [-0.4, -0.2) is 4.98 Å². The Bertz CT molecular complexity index is 447. The van der Waals surface area contributed by atoms with Gasteiger partial charge in [0.1, 0.15) is 0 Å². The molecule has 0 spiro atoms. The molecule has 4 heteroatoms. The van der Waals surface area contributed by atoms with Gasteiger partial charge in [-0.15, -0.1) is 0 Å². The van der Waals surface area contributed by atoms with Gasteiger partial charge < -0.3 is 0 Å². The molecule has 0 fully saturated rings. The lowest BCUT2D eigenvalue weighted by atomic mass is 9.90. The summed E-state index contributed by atoms with van der Waals surface area (Å²) >= 11 is 0. The van der Waals surface area contributed by atoms with E-state index in [4.69, 9.17) is 0 Å². The van der Waals surface area contributed by atoms with Crippen LogP contribution in [0.2, 0.25) is 0 Å². The van der Waals surface area contributed by atoms with Crippen molar-refractivity contribution in [3.63, 3.8) is 0 Å². The van der Waals surface area contributed by atoms with E-state index >= 15 is 0 Å². The molecule has 0 amide bonds. The summed E-state index contributed by atoms with van der Waals surface area (Å²) in [5.74, 6) is -0.111. The van der Waals surface area contributed by atoms with Gasteiger partial charge in [0.15, 0.2) is 0 Å². The summed E-state index contributed by atoms with van der Waals surface area (Å²) in [5, 5.41) is 0. The van der Waals surface area contributed by atoms with E-state index in [9.17, 15) is 13.2 Å². The summed E-state index contributed by atoms with van der Waals surface area (Å²) in [6.07, 6.45) is -1.83. The molecule has 94 valence electrons. The zero-order valence-electron chi connectivity index (χ0n) is 10.3. The van der Waals surface area contributed by atoms with Gasteiger partial charge >= 0.3 is 6.18 Å². The van der Waals surface area contributed by atoms with Gasteiger partial charge in [0.2, 0.25) is 0 Å². The van der Waals surface area contributed by atoms with E-state index < -0.39 is 11.7 Å². The molecule has 0 aromatic carbocycles. The van der Waals surface area contributed by atoms with Crippen molar-refractivity contribution in [2.24, 2.45) is 0 Å². The van der Waals surface area contributed by atoms with E-state index in [-0.39, 0.29) is 11.6 Å². The van der Waals surface area contributed by atoms with E-state index in [1.54, 1.807) is 0 Å². The van der Waals surface area contributed by atoms with Crippen LogP contribution in [0.3, 0.4) is 0 Å². The van der Waals surface area contributed by atoms with Gasteiger partial charge in [0.25, 0.3) is 0 Å². The van der Waals surface area contributed by atoms with Crippen LogP contribution in [0.5, 0.6) is 0 Å². The maximum atomic E-state index is 13.1. The van der Waals surface area contributed by atoms with Gasteiger partial charge in [0.05, 0.1) is 11.3 Å². The van der Waals surface area contributed by atoms with Gasteiger partial charge in [0, 0.05) is 5.69 Å². The number of hydrogen-bond donors (Lipinski definition) is 0. The van der Waals surface area contributed by atoms with Crippen molar-refractivity contribution in [2.75, 3.05) is 0 Å². The molecule has 0 radical (unpaired) electrons. The second-order valence-corrected chi connectivity index (χ2v) is 4.92. The van der Waals surface area contributed by atoms with Crippen LogP contribution in [0.1, 0.15) is 54.3 Å². The predicted molar refractivity (Wildman–Crippen MR) is 60.1 cm³/mol. The number of aromatic nitrogens is 1. The third-order valence-corrected chi connectivity index (χ3v) is 3.31. The zero-order valence-corrected chi connectivity index (χ0v) is 10.3. The highest BCUT2D eigenvalue weighted by molar-refractivity contribution is 5.45. The van der Waals surface area contributed by atoms with Crippen LogP contribution >= 0.6 is 0 Å². The fourth-order valence-electron chi connectivity index (χ4n) is 2.74. The topological polar surface area (TPSA) is 12.9 Å². The number of pyridine rings is 1. The Hall–Kier alpha value is -1.06. The third kappa shape index (κ3) is 2.05. The average molecular weight is 243 g/mol. The van der Waals surface area contributed by atoms with Crippen LogP contribution in [-0.2, 0) is 19.0 Å². The molecule has 17 heavy (non-hydrogen) atoms. The molecule has 1 aromatic heterocycles. The Morgan fingerprint density at radius 2 is 1.82 bits per heavy atom. The van der Waals surface area contributed by atoms with Gasteiger partial charge in [-0.1, -0.05) is 13.8 Å². The molecule has 1 aromatic rings. The molecule has 0 saturated heterocycles. The first-order valence-electron chi connectivity index (χ1n) is 5.91. The van der Waals surface area contributed by atoms with Crippen molar-refractivity contribution in [3.8, 4) is 0 Å². The fourth-order valence-corrected chi connectivity index (χ4v) is 2.74. The van der Waals surface area contributed by atoms with Gasteiger partial charge in [-0.25, -0.2) is 0 Å². The fraction of sp³-hybridized carbons (Fsp3) is 0.615. The Balaban J connectivity index is 2.74. The van der Waals surface area contributed by atoms with Crippen molar-refractivity contribution in [3.05, 3.63) is 28.1 Å². The number of hydrogen-bond acceptors (Lipinski definition) is 1. The molecular formula is C13H16F3N. The predicted octanol–water partition coefficient (Wildman–Crippen LogP) is 4.02. The van der Waals surface area contributed by atoms with Crippen LogP contribution in [0.25, 0.3) is 0 Å². The minimum atomic E-state index is -4.30.